The van der Waals surface area contributed by atoms with Crippen LogP contribution in [-0.2, 0) is 0 Å². The van der Waals surface area contributed by atoms with Crippen molar-refractivity contribution in [3.8, 4) is 5.75 Å². The number of hydrogen-bond donors (Lipinski definition) is 0. The molecule has 4 rings (SSSR count). The number of carbonyl (C=O) groups is 1. The smallest absolute Gasteiger partial charge is 0.255 e. The summed E-state index contributed by atoms with van der Waals surface area (Å²) in [5.41, 5.74) is 4.49. The first kappa shape index (κ1) is 23.5. The molecule has 0 saturated carbocycles. The number of carbonyl (C=O) groups excluding carboxylic acids is 1. The van der Waals surface area contributed by atoms with Crippen molar-refractivity contribution in [2.24, 2.45) is 0 Å². The van der Waals surface area contributed by atoms with Gasteiger partial charge < -0.3 is 19.4 Å². The van der Waals surface area contributed by atoms with Gasteiger partial charge in [0.25, 0.3) is 5.91 Å². The number of rotatable bonds is 5. The lowest BCUT2D eigenvalue weighted by atomic mass is 9.96. The molecule has 1 unspecified atom stereocenters. The summed E-state index contributed by atoms with van der Waals surface area (Å²) in [5, 5.41) is 0. The molecule has 178 valence electrons. The van der Waals surface area contributed by atoms with Crippen LogP contribution in [0.2, 0.25) is 0 Å². The lowest BCUT2D eigenvalue weighted by Crippen LogP contribution is -2.49. The second-order valence-corrected chi connectivity index (χ2v) is 9.31. The quantitative estimate of drug-likeness (QED) is 0.697. The summed E-state index contributed by atoms with van der Waals surface area (Å²) in [6, 6.07) is 8.47. The van der Waals surface area contributed by atoms with Crippen LogP contribution < -0.4 is 9.64 Å². The van der Waals surface area contributed by atoms with E-state index in [-0.39, 0.29) is 5.91 Å². The molecule has 1 atom stereocenters. The van der Waals surface area contributed by atoms with Crippen LogP contribution in [0.1, 0.15) is 40.0 Å². The minimum Gasteiger partial charge on any atom is -0.496 e. The van der Waals surface area contributed by atoms with Crippen molar-refractivity contribution in [1.82, 2.24) is 19.7 Å². The van der Waals surface area contributed by atoms with Gasteiger partial charge in [0, 0.05) is 64.6 Å². The van der Waals surface area contributed by atoms with Gasteiger partial charge in [-0.3, -0.25) is 9.69 Å². The van der Waals surface area contributed by atoms with E-state index in [4.69, 9.17) is 4.74 Å². The molecule has 0 spiro atoms. The van der Waals surface area contributed by atoms with Crippen molar-refractivity contribution in [3.63, 3.8) is 0 Å². The highest BCUT2D eigenvalue weighted by atomic mass is 16.5. The first-order chi connectivity index (χ1) is 15.9. The number of pyridine rings is 1. The molecule has 1 amide bonds. The Bertz CT molecular complexity index is 961. The van der Waals surface area contributed by atoms with Crippen LogP contribution >= 0.6 is 0 Å². The first-order valence-corrected chi connectivity index (χ1v) is 12.0. The average molecular weight is 452 g/mol. The molecule has 0 aliphatic carbocycles. The topological polar surface area (TPSA) is 52.2 Å². The number of anilines is 1. The summed E-state index contributed by atoms with van der Waals surface area (Å²) in [6.45, 7) is 13.8. The predicted octanol–water partition coefficient (Wildman–Crippen LogP) is 2.98. The van der Waals surface area contributed by atoms with E-state index >= 15 is 0 Å². The standard InChI is InChI=1S/C26H37N5O2/c1-19-20(2)24(33-5)8-7-23(19)21(3)29-14-16-31(17-15-29)26(32)22-6-9-25(27-18-22)30-12-10-28(4)11-13-30/h6-9,18,21H,10-17H2,1-5H3. The van der Waals surface area contributed by atoms with E-state index in [1.54, 1.807) is 13.3 Å². The molecule has 0 radical (unpaired) electrons. The molecule has 2 saturated heterocycles. The van der Waals surface area contributed by atoms with Gasteiger partial charge in [0.1, 0.15) is 11.6 Å². The van der Waals surface area contributed by atoms with Crippen LogP contribution in [-0.4, -0.2) is 92.1 Å². The van der Waals surface area contributed by atoms with Gasteiger partial charge in [0.15, 0.2) is 0 Å². The Kier molecular flexibility index (Phi) is 7.20. The summed E-state index contributed by atoms with van der Waals surface area (Å²) >= 11 is 0. The number of benzene rings is 1. The lowest BCUT2D eigenvalue weighted by molar-refractivity contribution is 0.0581. The average Bonchev–Trinajstić information content (AvgIpc) is 2.85. The fourth-order valence-corrected chi connectivity index (χ4v) is 4.92. The number of amides is 1. The summed E-state index contributed by atoms with van der Waals surface area (Å²) in [7, 11) is 3.86. The number of nitrogens with zero attached hydrogens (tertiary/aromatic N) is 5. The van der Waals surface area contributed by atoms with E-state index in [1.807, 2.05) is 17.0 Å². The van der Waals surface area contributed by atoms with E-state index in [2.05, 4.69) is 59.6 Å². The zero-order valence-electron chi connectivity index (χ0n) is 20.7. The highest BCUT2D eigenvalue weighted by Crippen LogP contribution is 2.31. The molecule has 1 aromatic carbocycles. The van der Waals surface area contributed by atoms with Crippen molar-refractivity contribution < 1.29 is 9.53 Å². The molecule has 1 aromatic heterocycles. The summed E-state index contributed by atoms with van der Waals surface area (Å²) < 4.78 is 5.47. The van der Waals surface area contributed by atoms with Gasteiger partial charge in [-0.15, -0.1) is 0 Å². The molecule has 7 nitrogen and oxygen atoms in total. The molecule has 33 heavy (non-hydrogen) atoms. The van der Waals surface area contributed by atoms with Crippen LogP contribution in [0.25, 0.3) is 0 Å². The number of aromatic nitrogens is 1. The van der Waals surface area contributed by atoms with Crippen LogP contribution in [0, 0.1) is 13.8 Å². The zero-order valence-corrected chi connectivity index (χ0v) is 20.7. The Morgan fingerprint density at radius 3 is 2.24 bits per heavy atom. The Balaban J connectivity index is 1.35. The highest BCUT2D eigenvalue weighted by Gasteiger charge is 2.27. The van der Waals surface area contributed by atoms with Crippen LogP contribution in [0.5, 0.6) is 5.75 Å². The van der Waals surface area contributed by atoms with Crippen LogP contribution in [0.3, 0.4) is 0 Å². The molecule has 0 bridgehead atoms. The normalized spacial score (nSPS) is 18.9. The largest absolute Gasteiger partial charge is 0.496 e. The maximum absolute atomic E-state index is 13.1. The fraction of sp³-hybridized carbons (Fsp3) is 0.538. The van der Waals surface area contributed by atoms with Crippen molar-refractivity contribution in [2.75, 3.05) is 71.4 Å². The second kappa shape index (κ2) is 10.1. The van der Waals surface area contributed by atoms with Gasteiger partial charge in [-0.25, -0.2) is 4.98 Å². The van der Waals surface area contributed by atoms with Crippen LogP contribution in [0.4, 0.5) is 5.82 Å². The fourth-order valence-electron chi connectivity index (χ4n) is 4.92. The maximum atomic E-state index is 13.1. The Hall–Kier alpha value is -2.64. The van der Waals surface area contributed by atoms with Crippen molar-refractivity contribution in [1.29, 1.82) is 0 Å². The Morgan fingerprint density at radius 2 is 1.64 bits per heavy atom. The van der Waals surface area contributed by atoms with Gasteiger partial charge in [0.05, 0.1) is 12.7 Å². The number of methoxy groups -OCH3 is 1. The van der Waals surface area contributed by atoms with E-state index in [1.165, 1.54) is 16.7 Å². The SMILES string of the molecule is COc1ccc(C(C)N2CCN(C(=O)c3ccc(N4CCN(C)CC4)nc3)CC2)c(C)c1C. The molecule has 2 aliphatic rings. The molecule has 2 fully saturated rings. The number of likely N-dealkylation sites (N-methyl/N-ethyl adjacent to an activating group) is 1. The van der Waals surface area contributed by atoms with E-state index < -0.39 is 0 Å². The van der Waals surface area contributed by atoms with E-state index in [0.29, 0.717) is 11.6 Å². The molecular formula is C26H37N5O2. The molecule has 3 heterocycles. The Morgan fingerprint density at radius 1 is 0.939 bits per heavy atom. The van der Waals surface area contributed by atoms with Crippen molar-refractivity contribution >= 4 is 11.7 Å². The van der Waals surface area contributed by atoms with E-state index in [9.17, 15) is 4.79 Å². The van der Waals surface area contributed by atoms with Gasteiger partial charge in [-0.1, -0.05) is 6.07 Å². The summed E-state index contributed by atoms with van der Waals surface area (Å²) in [4.78, 5) is 26.7. The van der Waals surface area contributed by atoms with Crippen LogP contribution in [0.15, 0.2) is 30.5 Å². The van der Waals surface area contributed by atoms with Gasteiger partial charge >= 0.3 is 0 Å². The third-order valence-electron chi connectivity index (χ3n) is 7.42. The minimum absolute atomic E-state index is 0.0798. The summed E-state index contributed by atoms with van der Waals surface area (Å²) in [5.74, 6) is 1.98. The Labute approximate surface area is 197 Å². The van der Waals surface area contributed by atoms with Crippen molar-refractivity contribution in [2.45, 2.75) is 26.8 Å². The number of piperazine rings is 2. The van der Waals surface area contributed by atoms with Gasteiger partial charge in [0.2, 0.25) is 0 Å². The molecule has 7 heteroatoms. The second-order valence-electron chi connectivity index (χ2n) is 9.31. The maximum Gasteiger partial charge on any atom is 0.255 e. The van der Waals surface area contributed by atoms with Crippen molar-refractivity contribution in [3.05, 3.63) is 52.7 Å². The zero-order chi connectivity index (χ0) is 23.5. The lowest BCUT2D eigenvalue weighted by Gasteiger charge is -2.39. The van der Waals surface area contributed by atoms with Gasteiger partial charge in [-0.05, 0) is 62.7 Å². The predicted molar refractivity (Wildman–Crippen MR) is 132 cm³/mol. The molecular weight excluding hydrogens is 414 g/mol. The molecule has 2 aliphatic heterocycles. The third kappa shape index (κ3) is 4.99. The molecule has 0 N–H and O–H groups in total. The third-order valence-corrected chi connectivity index (χ3v) is 7.42. The molecule has 2 aromatic rings. The highest BCUT2D eigenvalue weighted by molar-refractivity contribution is 5.94. The number of ether oxygens (including phenoxy) is 1. The minimum atomic E-state index is 0.0798. The monoisotopic (exact) mass is 451 g/mol. The van der Waals surface area contributed by atoms with E-state index in [0.717, 1.165) is 63.9 Å². The summed E-state index contributed by atoms with van der Waals surface area (Å²) in [6.07, 6.45) is 1.74. The van der Waals surface area contributed by atoms with Gasteiger partial charge in [-0.2, -0.15) is 0 Å². The number of hydrogen-bond acceptors (Lipinski definition) is 6. The first-order valence-electron chi connectivity index (χ1n) is 12.0.